The summed E-state index contributed by atoms with van der Waals surface area (Å²) < 4.78 is 77.6. The summed E-state index contributed by atoms with van der Waals surface area (Å²) in [6.07, 6.45) is -8.42. The molecule has 0 aromatic heterocycles. The monoisotopic (exact) mass is 453 g/mol. The SMILES string of the molecule is CC(C)CC(CCC(F)(F)F)N1CC[C@@H](CC(=O)O)C[C@H]1c1ccc(C(F)(F)F)cc1. The number of likely N-dealkylation sites (tertiary alicyclic amines) is 1. The molecule has 2 rings (SSSR count). The van der Waals surface area contributed by atoms with Crippen LogP contribution in [0.3, 0.4) is 0 Å². The molecule has 1 N–H and O–H groups in total. The predicted octanol–water partition coefficient (Wildman–Crippen LogP) is 6.69. The van der Waals surface area contributed by atoms with Crippen LogP contribution in [0.5, 0.6) is 0 Å². The van der Waals surface area contributed by atoms with Crippen LogP contribution in [-0.4, -0.2) is 34.7 Å². The molecule has 0 amide bonds. The Morgan fingerprint density at radius 1 is 1.13 bits per heavy atom. The van der Waals surface area contributed by atoms with Gasteiger partial charge in [-0.25, -0.2) is 0 Å². The van der Waals surface area contributed by atoms with E-state index in [2.05, 4.69) is 0 Å². The Kier molecular flexibility index (Phi) is 8.41. The van der Waals surface area contributed by atoms with Crippen molar-refractivity contribution in [2.75, 3.05) is 6.54 Å². The molecule has 0 saturated carbocycles. The Morgan fingerprint density at radius 3 is 2.23 bits per heavy atom. The number of hydrogen-bond donors (Lipinski definition) is 1. The van der Waals surface area contributed by atoms with Gasteiger partial charge in [-0.1, -0.05) is 26.0 Å². The maximum atomic E-state index is 12.9. The minimum atomic E-state index is -4.48. The number of nitrogens with zero attached hydrogens (tertiary/aromatic N) is 1. The molecule has 0 bridgehead atoms. The molecule has 9 heteroatoms. The van der Waals surface area contributed by atoms with Crippen LogP contribution in [-0.2, 0) is 11.0 Å². The predicted molar refractivity (Wildman–Crippen MR) is 104 cm³/mol. The molecular weight excluding hydrogens is 424 g/mol. The molecular formula is C22H29F6NO2. The molecule has 1 aromatic rings. The summed E-state index contributed by atoms with van der Waals surface area (Å²) in [7, 11) is 0. The lowest BCUT2D eigenvalue weighted by Crippen LogP contribution is -2.45. The van der Waals surface area contributed by atoms with E-state index in [4.69, 9.17) is 5.11 Å². The summed E-state index contributed by atoms with van der Waals surface area (Å²) in [6, 6.07) is 3.86. The van der Waals surface area contributed by atoms with E-state index in [9.17, 15) is 31.1 Å². The zero-order valence-electron chi connectivity index (χ0n) is 17.6. The van der Waals surface area contributed by atoms with Crippen molar-refractivity contribution in [3.8, 4) is 0 Å². The van der Waals surface area contributed by atoms with E-state index < -0.39 is 36.3 Å². The van der Waals surface area contributed by atoms with Gasteiger partial charge >= 0.3 is 18.3 Å². The number of benzene rings is 1. The van der Waals surface area contributed by atoms with Crippen molar-refractivity contribution in [2.24, 2.45) is 11.8 Å². The van der Waals surface area contributed by atoms with Gasteiger partial charge in [0.1, 0.15) is 0 Å². The third-order valence-electron chi connectivity index (χ3n) is 5.81. The molecule has 1 unspecified atom stereocenters. The molecule has 3 nitrogen and oxygen atoms in total. The maximum Gasteiger partial charge on any atom is 0.416 e. The van der Waals surface area contributed by atoms with Crippen LogP contribution in [0.1, 0.15) is 69.5 Å². The minimum Gasteiger partial charge on any atom is -0.481 e. The number of aliphatic carboxylic acids is 1. The number of halogens is 6. The quantitative estimate of drug-likeness (QED) is 0.446. The fraction of sp³-hybridized carbons (Fsp3) is 0.682. The van der Waals surface area contributed by atoms with Crippen LogP contribution in [0, 0.1) is 11.8 Å². The van der Waals surface area contributed by atoms with Gasteiger partial charge in [0.15, 0.2) is 0 Å². The van der Waals surface area contributed by atoms with Crippen LogP contribution < -0.4 is 0 Å². The average molecular weight is 453 g/mol. The molecule has 3 atom stereocenters. The van der Waals surface area contributed by atoms with Gasteiger partial charge in [0.25, 0.3) is 0 Å². The molecule has 0 radical (unpaired) electrons. The van der Waals surface area contributed by atoms with Crippen LogP contribution >= 0.6 is 0 Å². The largest absolute Gasteiger partial charge is 0.481 e. The molecule has 0 aliphatic carbocycles. The zero-order chi connectivity index (χ0) is 23.4. The molecule has 1 fully saturated rings. The summed E-state index contributed by atoms with van der Waals surface area (Å²) in [5.74, 6) is -0.994. The zero-order valence-corrected chi connectivity index (χ0v) is 17.6. The molecule has 176 valence electrons. The molecule has 31 heavy (non-hydrogen) atoms. The van der Waals surface area contributed by atoms with Crippen molar-refractivity contribution in [3.63, 3.8) is 0 Å². The highest BCUT2D eigenvalue weighted by Gasteiger charge is 2.37. The molecule has 1 aromatic carbocycles. The highest BCUT2D eigenvalue weighted by atomic mass is 19.4. The third kappa shape index (κ3) is 8.01. The molecule has 1 aliphatic heterocycles. The van der Waals surface area contributed by atoms with E-state index in [1.54, 1.807) is 0 Å². The number of alkyl halides is 6. The van der Waals surface area contributed by atoms with Gasteiger partial charge in [-0.15, -0.1) is 0 Å². The summed E-state index contributed by atoms with van der Waals surface area (Å²) in [5.41, 5.74) is -0.222. The van der Waals surface area contributed by atoms with Crippen molar-refractivity contribution >= 4 is 5.97 Å². The number of rotatable bonds is 8. The van der Waals surface area contributed by atoms with E-state index in [0.717, 1.165) is 12.1 Å². The van der Waals surface area contributed by atoms with E-state index in [1.165, 1.54) is 12.1 Å². The fourth-order valence-corrected chi connectivity index (χ4v) is 4.44. The van der Waals surface area contributed by atoms with Crippen LogP contribution in [0.25, 0.3) is 0 Å². The van der Waals surface area contributed by atoms with Crippen molar-refractivity contribution in [1.82, 2.24) is 4.90 Å². The Hall–Kier alpha value is -1.77. The van der Waals surface area contributed by atoms with E-state index in [0.29, 0.717) is 31.4 Å². The van der Waals surface area contributed by atoms with Crippen LogP contribution in [0.15, 0.2) is 24.3 Å². The van der Waals surface area contributed by atoms with E-state index >= 15 is 0 Å². The fourth-order valence-electron chi connectivity index (χ4n) is 4.44. The van der Waals surface area contributed by atoms with Crippen LogP contribution in [0.4, 0.5) is 26.3 Å². The number of carbonyl (C=O) groups is 1. The molecule has 1 saturated heterocycles. The highest BCUT2D eigenvalue weighted by Crippen LogP contribution is 2.40. The van der Waals surface area contributed by atoms with Gasteiger partial charge in [-0.05, 0) is 61.8 Å². The first-order valence-corrected chi connectivity index (χ1v) is 10.5. The second kappa shape index (κ2) is 10.2. The van der Waals surface area contributed by atoms with Gasteiger partial charge in [-0.2, -0.15) is 26.3 Å². The lowest BCUT2D eigenvalue weighted by molar-refractivity contribution is -0.142. The van der Waals surface area contributed by atoms with E-state index in [-0.39, 0.29) is 30.7 Å². The van der Waals surface area contributed by atoms with Gasteiger partial charge in [0.05, 0.1) is 5.56 Å². The lowest BCUT2D eigenvalue weighted by Gasteiger charge is -2.45. The Bertz CT molecular complexity index is 714. The summed E-state index contributed by atoms with van der Waals surface area (Å²) in [5, 5.41) is 9.15. The average Bonchev–Trinajstić information content (AvgIpc) is 2.63. The number of carboxylic acids is 1. The Labute approximate surface area is 178 Å². The second-order valence-corrected chi connectivity index (χ2v) is 8.80. The third-order valence-corrected chi connectivity index (χ3v) is 5.81. The highest BCUT2D eigenvalue weighted by molar-refractivity contribution is 5.67. The first-order chi connectivity index (χ1) is 14.3. The Morgan fingerprint density at radius 2 is 1.74 bits per heavy atom. The van der Waals surface area contributed by atoms with Crippen LogP contribution in [0.2, 0.25) is 0 Å². The van der Waals surface area contributed by atoms with Gasteiger partial charge < -0.3 is 5.11 Å². The molecule has 1 aliphatic rings. The van der Waals surface area contributed by atoms with Gasteiger partial charge in [0, 0.05) is 24.9 Å². The topological polar surface area (TPSA) is 40.5 Å². The maximum absolute atomic E-state index is 12.9. The number of carboxylic acid groups (broad SMARTS) is 1. The van der Waals surface area contributed by atoms with Gasteiger partial charge in [0.2, 0.25) is 0 Å². The van der Waals surface area contributed by atoms with Crippen molar-refractivity contribution in [3.05, 3.63) is 35.4 Å². The molecule has 1 heterocycles. The lowest BCUT2D eigenvalue weighted by atomic mass is 9.82. The number of hydrogen-bond acceptors (Lipinski definition) is 2. The summed E-state index contributed by atoms with van der Waals surface area (Å²) in [4.78, 5) is 13.1. The van der Waals surface area contributed by atoms with E-state index in [1.807, 2.05) is 18.7 Å². The Balaban J connectivity index is 2.33. The van der Waals surface area contributed by atoms with Crippen molar-refractivity contribution in [2.45, 2.75) is 76.8 Å². The molecule has 0 spiro atoms. The van der Waals surface area contributed by atoms with Gasteiger partial charge in [-0.3, -0.25) is 9.69 Å². The van der Waals surface area contributed by atoms with Crippen molar-refractivity contribution in [1.29, 1.82) is 0 Å². The number of piperidine rings is 1. The second-order valence-electron chi connectivity index (χ2n) is 8.80. The smallest absolute Gasteiger partial charge is 0.416 e. The first kappa shape index (κ1) is 25.5. The normalized spacial score (nSPS) is 22.0. The standard InChI is InChI=1S/C22H29F6NO2/c1-14(2)11-18(7-9-21(23,24)25)29-10-8-15(13-20(30)31)12-19(29)16-3-5-17(6-4-16)22(26,27)28/h3-6,14-15,18-19H,7-13H2,1-2H3,(H,30,31)/t15-,18?,19+/m1/s1. The summed E-state index contributed by atoms with van der Waals surface area (Å²) >= 11 is 0. The summed E-state index contributed by atoms with van der Waals surface area (Å²) in [6.45, 7) is 4.26. The minimum absolute atomic E-state index is 0.0671. The van der Waals surface area contributed by atoms with Crippen molar-refractivity contribution < 1.29 is 36.2 Å². The first-order valence-electron chi connectivity index (χ1n) is 10.5.